The van der Waals surface area contributed by atoms with Gasteiger partial charge >= 0.3 is 0 Å². The highest BCUT2D eigenvalue weighted by molar-refractivity contribution is 5.95. The Morgan fingerprint density at radius 2 is 1.96 bits per heavy atom. The van der Waals surface area contributed by atoms with Gasteiger partial charge in [-0.25, -0.2) is 0 Å². The maximum absolute atomic E-state index is 12.9. The van der Waals surface area contributed by atoms with Gasteiger partial charge in [0.1, 0.15) is 11.5 Å². The van der Waals surface area contributed by atoms with E-state index < -0.39 is 0 Å². The third-order valence-corrected chi connectivity index (χ3v) is 5.88. The Morgan fingerprint density at radius 3 is 2.68 bits per heavy atom. The Kier molecular flexibility index (Phi) is 4.84. The van der Waals surface area contributed by atoms with Gasteiger partial charge in [0, 0.05) is 32.7 Å². The van der Waals surface area contributed by atoms with Crippen molar-refractivity contribution in [3.63, 3.8) is 0 Å². The summed E-state index contributed by atoms with van der Waals surface area (Å²) in [6, 6.07) is 2.18. The van der Waals surface area contributed by atoms with Crippen LogP contribution in [-0.4, -0.2) is 85.2 Å². The largest absolute Gasteiger partial charge is 0.466 e. The summed E-state index contributed by atoms with van der Waals surface area (Å²) in [6.07, 6.45) is 2.81. The van der Waals surface area contributed by atoms with Gasteiger partial charge in [-0.1, -0.05) is 0 Å². The molecule has 2 atom stereocenters. The van der Waals surface area contributed by atoms with Gasteiger partial charge in [-0.15, -0.1) is 0 Å². The smallest absolute Gasteiger partial charge is 0.257 e. The van der Waals surface area contributed by atoms with Crippen LogP contribution in [0.1, 0.15) is 34.7 Å². The first-order valence-corrected chi connectivity index (χ1v) is 9.56. The minimum Gasteiger partial charge on any atom is -0.466 e. The van der Waals surface area contributed by atoms with Gasteiger partial charge in [0.25, 0.3) is 5.91 Å². The summed E-state index contributed by atoms with van der Waals surface area (Å²) in [7, 11) is 0. The average molecular weight is 347 g/mol. The molecule has 1 aromatic rings. The van der Waals surface area contributed by atoms with Crippen molar-refractivity contribution in [2.45, 2.75) is 38.8 Å². The number of amides is 1. The number of carbonyl (C=O) groups is 1. The highest BCUT2D eigenvalue weighted by atomic mass is 16.5. The summed E-state index contributed by atoms with van der Waals surface area (Å²) in [5, 5.41) is 0. The van der Waals surface area contributed by atoms with Crippen LogP contribution < -0.4 is 0 Å². The van der Waals surface area contributed by atoms with Gasteiger partial charge in [0.2, 0.25) is 0 Å². The minimum atomic E-state index is 0.0758. The SMILES string of the molecule is Cc1cc(C(=O)N2C[C@@H]3OCCN(CCN4CCCC4)[C@@H]3C2)c(C)o1. The van der Waals surface area contributed by atoms with Crippen molar-refractivity contribution in [2.75, 3.05) is 52.4 Å². The molecule has 25 heavy (non-hydrogen) atoms. The van der Waals surface area contributed by atoms with Crippen LogP contribution in [0.2, 0.25) is 0 Å². The van der Waals surface area contributed by atoms with Crippen molar-refractivity contribution >= 4 is 5.91 Å². The lowest BCUT2D eigenvalue weighted by molar-refractivity contribution is -0.0487. The molecule has 6 heteroatoms. The van der Waals surface area contributed by atoms with Crippen LogP contribution in [0.3, 0.4) is 0 Å². The fourth-order valence-electron chi connectivity index (χ4n) is 4.49. The van der Waals surface area contributed by atoms with E-state index in [-0.39, 0.29) is 12.0 Å². The quantitative estimate of drug-likeness (QED) is 0.826. The normalized spacial score (nSPS) is 27.8. The Bertz CT molecular complexity index is 623. The molecule has 1 amide bonds. The summed E-state index contributed by atoms with van der Waals surface area (Å²) in [5.74, 6) is 1.58. The lowest BCUT2D eigenvalue weighted by Gasteiger charge is -2.37. The number of nitrogens with zero attached hydrogens (tertiary/aromatic N) is 3. The van der Waals surface area contributed by atoms with Crippen LogP contribution >= 0.6 is 0 Å². The van der Waals surface area contributed by atoms with Crippen LogP contribution in [-0.2, 0) is 4.74 Å². The number of furan rings is 1. The molecule has 0 unspecified atom stereocenters. The number of aryl methyl sites for hydroxylation is 2. The van der Waals surface area contributed by atoms with Gasteiger partial charge in [0.05, 0.1) is 24.3 Å². The Morgan fingerprint density at radius 1 is 1.16 bits per heavy atom. The molecule has 0 aliphatic carbocycles. The zero-order valence-corrected chi connectivity index (χ0v) is 15.4. The molecule has 3 saturated heterocycles. The molecule has 138 valence electrons. The molecule has 3 aliphatic heterocycles. The zero-order chi connectivity index (χ0) is 17.4. The molecule has 6 nitrogen and oxygen atoms in total. The lowest BCUT2D eigenvalue weighted by Crippen LogP contribution is -2.52. The topological polar surface area (TPSA) is 49.2 Å². The van der Waals surface area contributed by atoms with Crippen LogP contribution in [0, 0.1) is 13.8 Å². The molecule has 4 heterocycles. The van der Waals surface area contributed by atoms with Gasteiger partial charge in [-0.2, -0.15) is 0 Å². The number of rotatable bonds is 4. The molecular weight excluding hydrogens is 318 g/mol. The summed E-state index contributed by atoms with van der Waals surface area (Å²) in [4.78, 5) is 19.9. The van der Waals surface area contributed by atoms with E-state index in [1.165, 1.54) is 25.9 Å². The second kappa shape index (κ2) is 7.09. The number of morpholine rings is 1. The first-order chi connectivity index (χ1) is 12.1. The Balaban J connectivity index is 1.39. The summed E-state index contributed by atoms with van der Waals surface area (Å²) in [5.41, 5.74) is 0.694. The van der Waals surface area contributed by atoms with E-state index in [0.29, 0.717) is 23.9 Å². The molecule has 0 bridgehead atoms. The van der Waals surface area contributed by atoms with Gasteiger partial charge < -0.3 is 19.0 Å². The predicted octanol–water partition coefficient (Wildman–Crippen LogP) is 1.52. The van der Waals surface area contributed by atoms with Crippen LogP contribution in [0.5, 0.6) is 0 Å². The van der Waals surface area contributed by atoms with E-state index in [4.69, 9.17) is 9.15 Å². The molecule has 0 aromatic carbocycles. The predicted molar refractivity (Wildman–Crippen MR) is 94.9 cm³/mol. The molecular formula is C19H29N3O3. The van der Waals surface area contributed by atoms with Crippen molar-refractivity contribution in [3.05, 3.63) is 23.2 Å². The highest BCUT2D eigenvalue weighted by Gasteiger charge is 2.42. The lowest BCUT2D eigenvalue weighted by atomic mass is 10.1. The summed E-state index contributed by atoms with van der Waals surface area (Å²) in [6.45, 7) is 11.6. The molecule has 4 rings (SSSR count). The van der Waals surface area contributed by atoms with Crippen molar-refractivity contribution in [1.29, 1.82) is 0 Å². The molecule has 3 aliphatic rings. The molecule has 0 saturated carbocycles. The fraction of sp³-hybridized carbons (Fsp3) is 0.737. The first-order valence-electron chi connectivity index (χ1n) is 9.56. The number of likely N-dealkylation sites (tertiary alicyclic amines) is 2. The standard InChI is InChI=1S/C19H29N3O3/c1-14-11-16(15(2)25-14)19(23)22-12-17-18(13-22)24-10-9-21(17)8-7-20-5-3-4-6-20/h11,17-18H,3-10,12-13H2,1-2H3/t17-,18+/m1/s1. The maximum atomic E-state index is 12.9. The Labute approximate surface area is 149 Å². The zero-order valence-electron chi connectivity index (χ0n) is 15.4. The number of hydrogen-bond acceptors (Lipinski definition) is 5. The molecule has 0 N–H and O–H groups in total. The number of ether oxygens (including phenoxy) is 1. The Hall–Kier alpha value is -1.37. The monoisotopic (exact) mass is 347 g/mol. The van der Waals surface area contributed by atoms with E-state index in [0.717, 1.165) is 38.5 Å². The fourth-order valence-corrected chi connectivity index (χ4v) is 4.49. The maximum Gasteiger partial charge on any atom is 0.257 e. The van der Waals surface area contributed by atoms with Crippen molar-refractivity contribution in [1.82, 2.24) is 14.7 Å². The van der Waals surface area contributed by atoms with Crippen molar-refractivity contribution < 1.29 is 13.9 Å². The van der Waals surface area contributed by atoms with Crippen molar-refractivity contribution in [2.24, 2.45) is 0 Å². The molecule has 0 radical (unpaired) electrons. The average Bonchev–Trinajstić information content (AvgIpc) is 3.31. The minimum absolute atomic E-state index is 0.0758. The van der Waals surface area contributed by atoms with Crippen LogP contribution in [0.25, 0.3) is 0 Å². The van der Waals surface area contributed by atoms with Gasteiger partial charge in [-0.05, 0) is 45.8 Å². The van der Waals surface area contributed by atoms with Crippen molar-refractivity contribution in [3.8, 4) is 0 Å². The second-order valence-electron chi connectivity index (χ2n) is 7.60. The third kappa shape index (κ3) is 3.48. The van der Waals surface area contributed by atoms with E-state index in [1.807, 2.05) is 24.8 Å². The second-order valence-corrected chi connectivity index (χ2v) is 7.60. The van der Waals surface area contributed by atoms with Gasteiger partial charge in [0.15, 0.2) is 0 Å². The summed E-state index contributed by atoms with van der Waals surface area (Å²) < 4.78 is 11.5. The molecule has 1 aromatic heterocycles. The highest BCUT2D eigenvalue weighted by Crippen LogP contribution is 2.26. The number of fused-ring (bicyclic) bond motifs is 1. The van der Waals surface area contributed by atoms with Crippen LogP contribution in [0.4, 0.5) is 0 Å². The summed E-state index contributed by atoms with van der Waals surface area (Å²) >= 11 is 0. The molecule has 0 spiro atoms. The van der Waals surface area contributed by atoms with E-state index in [9.17, 15) is 4.79 Å². The third-order valence-electron chi connectivity index (χ3n) is 5.88. The number of carbonyl (C=O) groups excluding carboxylic acids is 1. The molecule has 3 fully saturated rings. The van der Waals surface area contributed by atoms with Gasteiger partial charge in [-0.3, -0.25) is 9.69 Å². The van der Waals surface area contributed by atoms with E-state index >= 15 is 0 Å². The van der Waals surface area contributed by atoms with Crippen LogP contribution in [0.15, 0.2) is 10.5 Å². The van der Waals surface area contributed by atoms with E-state index in [2.05, 4.69) is 9.80 Å². The van der Waals surface area contributed by atoms with E-state index in [1.54, 1.807) is 0 Å². The first kappa shape index (κ1) is 17.1. The number of hydrogen-bond donors (Lipinski definition) is 0.